The normalized spacial score (nSPS) is 32.5. The first-order chi connectivity index (χ1) is 10.1. The Hall–Kier alpha value is -1.33. The van der Waals surface area contributed by atoms with E-state index in [1.807, 2.05) is 6.92 Å². The molecule has 21 heavy (non-hydrogen) atoms. The van der Waals surface area contributed by atoms with Crippen LogP contribution in [0.4, 0.5) is 0 Å². The van der Waals surface area contributed by atoms with Gasteiger partial charge < -0.3 is 19.8 Å². The molecule has 1 saturated carbocycles. The molecule has 0 aromatic carbocycles. The fraction of sp³-hybridized carbons (Fsp3) is 0.688. The number of aromatic nitrogens is 1. The number of carbonyl (C=O) groups is 1. The number of ether oxygens (including phenoxy) is 2. The van der Waals surface area contributed by atoms with Gasteiger partial charge in [-0.3, -0.25) is 4.79 Å². The van der Waals surface area contributed by atoms with Gasteiger partial charge in [0.25, 0.3) is 5.91 Å². The van der Waals surface area contributed by atoms with Crippen LogP contribution in [0, 0.1) is 12.8 Å². The third-order valence-corrected chi connectivity index (χ3v) is 4.64. The minimum atomic E-state index is -0.383. The number of amides is 1. The Kier molecular flexibility index (Phi) is 4.04. The van der Waals surface area contributed by atoms with Crippen LogP contribution in [0.2, 0.25) is 0 Å². The van der Waals surface area contributed by atoms with Crippen molar-refractivity contribution in [3.8, 4) is 0 Å². The molecule has 0 unspecified atom stereocenters. The average molecular weight is 292 g/mol. The Morgan fingerprint density at radius 3 is 2.90 bits per heavy atom. The highest BCUT2D eigenvalue weighted by Gasteiger charge is 2.43. The van der Waals surface area contributed by atoms with Gasteiger partial charge in [0.1, 0.15) is 6.10 Å². The van der Waals surface area contributed by atoms with Crippen molar-refractivity contribution < 1.29 is 14.3 Å². The fourth-order valence-corrected chi connectivity index (χ4v) is 3.18. The smallest absolute Gasteiger partial charge is 0.253 e. The van der Waals surface area contributed by atoms with E-state index in [0.717, 1.165) is 37.3 Å². The molecule has 116 valence electrons. The number of aryl methyl sites for hydroxylation is 1. The van der Waals surface area contributed by atoms with E-state index < -0.39 is 0 Å². The van der Waals surface area contributed by atoms with Crippen molar-refractivity contribution in [1.82, 2.24) is 10.3 Å². The maximum atomic E-state index is 12.1. The van der Waals surface area contributed by atoms with E-state index in [-0.39, 0.29) is 17.8 Å². The molecule has 2 N–H and O–H groups in total. The second kappa shape index (κ2) is 5.81. The van der Waals surface area contributed by atoms with Crippen LogP contribution in [0.25, 0.3) is 0 Å². The van der Waals surface area contributed by atoms with Gasteiger partial charge in [0.15, 0.2) is 5.79 Å². The lowest BCUT2D eigenvalue weighted by atomic mass is 9.86. The van der Waals surface area contributed by atoms with Crippen molar-refractivity contribution in [2.75, 3.05) is 13.2 Å². The molecule has 5 heteroatoms. The van der Waals surface area contributed by atoms with E-state index in [2.05, 4.69) is 17.2 Å². The molecule has 0 radical (unpaired) electrons. The monoisotopic (exact) mass is 292 g/mol. The molecule has 3 rings (SSSR count). The Balaban J connectivity index is 1.49. The summed E-state index contributed by atoms with van der Waals surface area (Å²) in [6.07, 6.45) is 5.98. The summed E-state index contributed by atoms with van der Waals surface area (Å²) in [6, 6.07) is 1.79. The van der Waals surface area contributed by atoms with Crippen molar-refractivity contribution in [3.63, 3.8) is 0 Å². The summed E-state index contributed by atoms with van der Waals surface area (Å²) in [5.41, 5.74) is 1.57. The molecule has 5 nitrogen and oxygen atoms in total. The number of aromatic amines is 1. The predicted octanol–water partition coefficient (Wildman–Crippen LogP) is 2.37. The summed E-state index contributed by atoms with van der Waals surface area (Å²) >= 11 is 0. The molecule has 1 saturated heterocycles. The van der Waals surface area contributed by atoms with Crippen molar-refractivity contribution in [1.29, 1.82) is 0 Å². The number of carbonyl (C=O) groups excluding carboxylic acids is 1. The molecular weight excluding hydrogens is 268 g/mol. The Labute approximate surface area is 125 Å². The minimum absolute atomic E-state index is 0.0402. The van der Waals surface area contributed by atoms with Gasteiger partial charge in [-0.15, -0.1) is 0 Å². The van der Waals surface area contributed by atoms with E-state index in [4.69, 9.17) is 9.47 Å². The highest BCUT2D eigenvalue weighted by Crippen LogP contribution is 2.39. The molecule has 1 atom stereocenters. The van der Waals surface area contributed by atoms with E-state index in [0.29, 0.717) is 18.7 Å². The first-order valence-corrected chi connectivity index (χ1v) is 7.82. The van der Waals surface area contributed by atoms with E-state index in [1.165, 1.54) is 0 Å². The molecule has 1 aliphatic carbocycles. The highest BCUT2D eigenvalue weighted by atomic mass is 16.7. The van der Waals surface area contributed by atoms with Gasteiger partial charge in [-0.1, -0.05) is 6.92 Å². The van der Waals surface area contributed by atoms with Crippen LogP contribution in [0.1, 0.15) is 48.7 Å². The van der Waals surface area contributed by atoms with Gasteiger partial charge in [0.2, 0.25) is 0 Å². The lowest BCUT2D eigenvalue weighted by Crippen LogP contribution is -2.38. The number of rotatable bonds is 3. The van der Waals surface area contributed by atoms with Gasteiger partial charge in [-0.25, -0.2) is 0 Å². The second-order valence-corrected chi connectivity index (χ2v) is 6.37. The maximum absolute atomic E-state index is 12.1. The summed E-state index contributed by atoms with van der Waals surface area (Å²) in [7, 11) is 0. The topological polar surface area (TPSA) is 63.4 Å². The average Bonchev–Trinajstić information content (AvgIpc) is 3.07. The van der Waals surface area contributed by atoms with Crippen molar-refractivity contribution in [3.05, 3.63) is 23.5 Å². The summed E-state index contributed by atoms with van der Waals surface area (Å²) in [4.78, 5) is 15.1. The molecule has 2 aliphatic rings. The SMILES string of the molecule is Cc1[nH]ccc1C(=O)NC[C@@H]1COC2(CCC(C)CC2)O1. The quantitative estimate of drug-likeness (QED) is 0.899. The van der Waals surface area contributed by atoms with Crippen molar-refractivity contribution >= 4 is 5.91 Å². The third kappa shape index (κ3) is 3.14. The van der Waals surface area contributed by atoms with Crippen molar-refractivity contribution in [2.45, 2.75) is 51.4 Å². The van der Waals surface area contributed by atoms with Gasteiger partial charge >= 0.3 is 0 Å². The summed E-state index contributed by atoms with van der Waals surface area (Å²) in [5.74, 6) is 0.319. The van der Waals surface area contributed by atoms with Gasteiger partial charge in [-0.05, 0) is 31.7 Å². The van der Waals surface area contributed by atoms with Crippen LogP contribution in [-0.4, -0.2) is 35.9 Å². The molecule has 1 aromatic heterocycles. The highest BCUT2D eigenvalue weighted by molar-refractivity contribution is 5.95. The number of hydrogen-bond acceptors (Lipinski definition) is 3. The third-order valence-electron chi connectivity index (χ3n) is 4.64. The van der Waals surface area contributed by atoms with Gasteiger partial charge in [-0.2, -0.15) is 0 Å². The molecule has 2 heterocycles. The lowest BCUT2D eigenvalue weighted by Gasteiger charge is -2.34. The largest absolute Gasteiger partial charge is 0.365 e. The van der Waals surface area contributed by atoms with Crippen molar-refractivity contribution in [2.24, 2.45) is 5.92 Å². The first-order valence-electron chi connectivity index (χ1n) is 7.82. The summed E-state index contributed by atoms with van der Waals surface area (Å²) < 4.78 is 12.0. The predicted molar refractivity (Wildman–Crippen MR) is 79.1 cm³/mol. The van der Waals surface area contributed by atoms with Crippen LogP contribution in [0.5, 0.6) is 0 Å². The summed E-state index contributed by atoms with van der Waals surface area (Å²) in [5, 5.41) is 2.93. The molecule has 2 fully saturated rings. The molecule has 0 bridgehead atoms. The lowest BCUT2D eigenvalue weighted by molar-refractivity contribution is -0.191. The minimum Gasteiger partial charge on any atom is -0.365 e. The fourth-order valence-electron chi connectivity index (χ4n) is 3.18. The standard InChI is InChI=1S/C16H24N2O3/c1-11-3-6-16(7-4-11)20-10-13(21-16)9-18-15(19)14-5-8-17-12(14)2/h5,8,11,13,17H,3-4,6-7,9-10H2,1-2H3,(H,18,19)/t11?,13-,16?/m1/s1. The van der Waals surface area contributed by atoms with Crippen LogP contribution < -0.4 is 5.32 Å². The van der Waals surface area contributed by atoms with Gasteiger partial charge in [0, 0.05) is 31.3 Å². The zero-order valence-corrected chi connectivity index (χ0v) is 12.8. The molecule has 1 amide bonds. The molecule has 1 aromatic rings. The van der Waals surface area contributed by atoms with E-state index >= 15 is 0 Å². The van der Waals surface area contributed by atoms with Crippen LogP contribution in [-0.2, 0) is 9.47 Å². The second-order valence-electron chi connectivity index (χ2n) is 6.37. The zero-order valence-electron chi connectivity index (χ0n) is 12.8. The van der Waals surface area contributed by atoms with E-state index in [9.17, 15) is 4.79 Å². The first kappa shape index (κ1) is 14.6. The van der Waals surface area contributed by atoms with Crippen LogP contribution >= 0.6 is 0 Å². The zero-order chi connectivity index (χ0) is 14.9. The summed E-state index contributed by atoms with van der Waals surface area (Å²) in [6.45, 7) is 5.24. The number of H-pyrrole nitrogens is 1. The Bertz CT molecular complexity index is 503. The number of hydrogen-bond donors (Lipinski definition) is 2. The molecule has 1 spiro atoms. The van der Waals surface area contributed by atoms with Crippen LogP contribution in [0.15, 0.2) is 12.3 Å². The number of nitrogens with one attached hydrogen (secondary N) is 2. The molecular formula is C16H24N2O3. The van der Waals surface area contributed by atoms with Crippen LogP contribution in [0.3, 0.4) is 0 Å². The Morgan fingerprint density at radius 2 is 2.24 bits per heavy atom. The maximum Gasteiger partial charge on any atom is 0.253 e. The molecule has 1 aliphatic heterocycles. The Morgan fingerprint density at radius 1 is 1.48 bits per heavy atom. The van der Waals surface area contributed by atoms with Gasteiger partial charge in [0.05, 0.1) is 12.2 Å². The van der Waals surface area contributed by atoms with E-state index in [1.54, 1.807) is 12.3 Å².